The first-order chi connectivity index (χ1) is 7.20. The van der Waals surface area contributed by atoms with Crippen molar-refractivity contribution in [2.75, 3.05) is 6.54 Å². The molecule has 4 nitrogen and oxygen atoms in total. The Hall–Kier alpha value is -0.900. The predicted octanol–water partition coefficient (Wildman–Crippen LogP) is 1.79. The van der Waals surface area contributed by atoms with Crippen LogP contribution in [-0.2, 0) is 6.54 Å². The van der Waals surface area contributed by atoms with Crippen LogP contribution in [0.1, 0.15) is 45.7 Å². The van der Waals surface area contributed by atoms with Gasteiger partial charge in [0.05, 0.1) is 11.9 Å². The maximum atomic E-state index is 4.11. The van der Waals surface area contributed by atoms with E-state index in [-0.39, 0.29) is 0 Å². The second-order valence-electron chi connectivity index (χ2n) is 4.02. The molecule has 1 heterocycles. The molecule has 0 bridgehead atoms. The maximum absolute atomic E-state index is 4.11. The van der Waals surface area contributed by atoms with E-state index in [2.05, 4.69) is 43.3 Å². The number of likely N-dealkylation sites (N-methyl/N-ethyl adjacent to an activating group) is 1. The normalized spacial score (nSPS) is 15.2. The Labute approximate surface area is 92.1 Å². The highest BCUT2D eigenvalue weighted by Gasteiger charge is 2.17. The van der Waals surface area contributed by atoms with Gasteiger partial charge in [-0.25, -0.2) is 4.68 Å². The van der Waals surface area contributed by atoms with Gasteiger partial charge in [-0.15, -0.1) is 5.10 Å². The summed E-state index contributed by atoms with van der Waals surface area (Å²) in [5.74, 6) is 0.450. The zero-order valence-electron chi connectivity index (χ0n) is 10.2. The summed E-state index contributed by atoms with van der Waals surface area (Å²) in [6.07, 6.45) is 2.98. The van der Waals surface area contributed by atoms with Crippen LogP contribution in [0.3, 0.4) is 0 Å². The number of nitrogens with one attached hydrogen (secondary N) is 1. The van der Waals surface area contributed by atoms with Gasteiger partial charge in [-0.05, 0) is 19.9 Å². The zero-order valence-corrected chi connectivity index (χ0v) is 10.2. The van der Waals surface area contributed by atoms with E-state index in [1.54, 1.807) is 0 Å². The van der Waals surface area contributed by atoms with Crippen molar-refractivity contribution < 1.29 is 0 Å². The molecule has 0 amide bonds. The summed E-state index contributed by atoms with van der Waals surface area (Å²) in [6.45, 7) is 10.7. The van der Waals surface area contributed by atoms with Crippen molar-refractivity contribution in [1.29, 1.82) is 0 Å². The highest BCUT2D eigenvalue weighted by molar-refractivity contribution is 5.05. The van der Waals surface area contributed by atoms with Gasteiger partial charge in [-0.1, -0.05) is 26.0 Å². The SMILES string of the molecule is CCCn1nncc1C(C)C(C)NCC. The Bertz CT molecular complexity index is 282. The van der Waals surface area contributed by atoms with E-state index < -0.39 is 0 Å². The standard InChI is InChI=1S/C11H22N4/c1-5-7-15-11(8-13-14-15)9(3)10(4)12-6-2/h8-10,12H,5-7H2,1-4H3. The lowest BCUT2D eigenvalue weighted by Gasteiger charge is -2.20. The molecule has 1 N–H and O–H groups in total. The molecule has 4 heteroatoms. The fourth-order valence-electron chi connectivity index (χ4n) is 1.76. The highest BCUT2D eigenvalue weighted by Crippen LogP contribution is 2.17. The summed E-state index contributed by atoms with van der Waals surface area (Å²) in [5.41, 5.74) is 1.23. The third-order valence-corrected chi connectivity index (χ3v) is 2.83. The van der Waals surface area contributed by atoms with Gasteiger partial charge in [0.2, 0.25) is 0 Å². The molecule has 1 aromatic heterocycles. The molecule has 0 saturated heterocycles. The van der Waals surface area contributed by atoms with Crippen LogP contribution in [0.2, 0.25) is 0 Å². The molecule has 0 aliphatic heterocycles. The van der Waals surface area contributed by atoms with Crippen LogP contribution in [-0.4, -0.2) is 27.6 Å². The monoisotopic (exact) mass is 210 g/mol. The Balaban J connectivity index is 2.71. The molecule has 15 heavy (non-hydrogen) atoms. The van der Waals surface area contributed by atoms with E-state index in [0.717, 1.165) is 19.5 Å². The van der Waals surface area contributed by atoms with Crippen LogP contribution in [0.4, 0.5) is 0 Å². The van der Waals surface area contributed by atoms with Crippen LogP contribution in [0.25, 0.3) is 0 Å². The molecule has 0 aliphatic carbocycles. The van der Waals surface area contributed by atoms with Gasteiger partial charge in [-0.2, -0.15) is 0 Å². The second-order valence-corrected chi connectivity index (χ2v) is 4.02. The first-order valence-corrected chi connectivity index (χ1v) is 5.82. The van der Waals surface area contributed by atoms with Crippen LogP contribution in [0.15, 0.2) is 6.20 Å². The zero-order chi connectivity index (χ0) is 11.3. The molecule has 2 atom stereocenters. The molecule has 2 unspecified atom stereocenters. The van der Waals surface area contributed by atoms with E-state index in [4.69, 9.17) is 0 Å². The Morgan fingerprint density at radius 2 is 2.13 bits per heavy atom. The average Bonchev–Trinajstić information content (AvgIpc) is 2.66. The lowest BCUT2D eigenvalue weighted by atomic mass is 10.00. The minimum atomic E-state index is 0.450. The second kappa shape index (κ2) is 5.85. The topological polar surface area (TPSA) is 42.7 Å². The molecule has 0 radical (unpaired) electrons. The molecule has 0 aromatic carbocycles. The smallest absolute Gasteiger partial charge is 0.0728 e. The summed E-state index contributed by atoms with van der Waals surface area (Å²) in [4.78, 5) is 0. The fourth-order valence-corrected chi connectivity index (χ4v) is 1.76. The van der Waals surface area contributed by atoms with Crippen LogP contribution < -0.4 is 5.32 Å². The van der Waals surface area contributed by atoms with Gasteiger partial charge in [0.15, 0.2) is 0 Å². The van der Waals surface area contributed by atoms with Crippen molar-refractivity contribution in [3.63, 3.8) is 0 Å². The molecule has 0 fully saturated rings. The summed E-state index contributed by atoms with van der Waals surface area (Å²) in [7, 11) is 0. The van der Waals surface area contributed by atoms with Gasteiger partial charge in [0.1, 0.15) is 0 Å². The van der Waals surface area contributed by atoms with Gasteiger partial charge < -0.3 is 5.32 Å². The van der Waals surface area contributed by atoms with E-state index >= 15 is 0 Å². The summed E-state index contributed by atoms with van der Waals surface area (Å²) in [5, 5.41) is 11.5. The van der Waals surface area contributed by atoms with Gasteiger partial charge >= 0.3 is 0 Å². The van der Waals surface area contributed by atoms with Crippen LogP contribution in [0, 0.1) is 0 Å². The van der Waals surface area contributed by atoms with Crippen molar-refractivity contribution in [2.45, 2.75) is 52.6 Å². The van der Waals surface area contributed by atoms with Crippen molar-refractivity contribution >= 4 is 0 Å². The first kappa shape index (κ1) is 12.2. The average molecular weight is 210 g/mol. The van der Waals surface area contributed by atoms with E-state index in [0.29, 0.717) is 12.0 Å². The molecular formula is C11H22N4. The minimum absolute atomic E-state index is 0.450. The van der Waals surface area contributed by atoms with Crippen molar-refractivity contribution in [1.82, 2.24) is 20.3 Å². The van der Waals surface area contributed by atoms with Gasteiger partial charge in [-0.3, -0.25) is 0 Å². The summed E-state index contributed by atoms with van der Waals surface area (Å²) < 4.78 is 2.01. The molecule has 0 spiro atoms. The Kier molecular flexibility index (Phi) is 4.75. The lowest BCUT2D eigenvalue weighted by Crippen LogP contribution is -2.31. The minimum Gasteiger partial charge on any atom is -0.314 e. The Morgan fingerprint density at radius 3 is 2.73 bits per heavy atom. The number of hydrogen-bond donors (Lipinski definition) is 1. The maximum Gasteiger partial charge on any atom is 0.0728 e. The first-order valence-electron chi connectivity index (χ1n) is 5.82. The third kappa shape index (κ3) is 3.02. The predicted molar refractivity (Wildman–Crippen MR) is 61.9 cm³/mol. The quantitative estimate of drug-likeness (QED) is 0.778. The summed E-state index contributed by atoms with van der Waals surface area (Å²) in [6, 6.07) is 0.462. The molecular weight excluding hydrogens is 188 g/mol. The third-order valence-electron chi connectivity index (χ3n) is 2.83. The Morgan fingerprint density at radius 1 is 1.40 bits per heavy atom. The number of rotatable bonds is 6. The number of hydrogen-bond acceptors (Lipinski definition) is 3. The largest absolute Gasteiger partial charge is 0.314 e. The summed E-state index contributed by atoms with van der Waals surface area (Å²) >= 11 is 0. The fraction of sp³-hybridized carbons (Fsp3) is 0.818. The number of nitrogens with zero attached hydrogens (tertiary/aromatic N) is 3. The molecule has 0 saturated carbocycles. The van der Waals surface area contributed by atoms with E-state index in [1.165, 1.54) is 5.69 Å². The van der Waals surface area contributed by atoms with Crippen molar-refractivity contribution in [2.24, 2.45) is 0 Å². The van der Waals surface area contributed by atoms with Gasteiger partial charge in [0, 0.05) is 18.5 Å². The lowest BCUT2D eigenvalue weighted by molar-refractivity contribution is 0.453. The molecule has 1 aromatic rings. The highest BCUT2D eigenvalue weighted by atomic mass is 15.4. The van der Waals surface area contributed by atoms with Crippen LogP contribution in [0.5, 0.6) is 0 Å². The molecule has 1 rings (SSSR count). The van der Waals surface area contributed by atoms with Crippen molar-refractivity contribution in [3.8, 4) is 0 Å². The molecule has 86 valence electrons. The number of aromatic nitrogens is 3. The van der Waals surface area contributed by atoms with E-state index in [9.17, 15) is 0 Å². The van der Waals surface area contributed by atoms with Crippen LogP contribution >= 0.6 is 0 Å². The van der Waals surface area contributed by atoms with Crippen molar-refractivity contribution in [3.05, 3.63) is 11.9 Å². The van der Waals surface area contributed by atoms with E-state index in [1.807, 2.05) is 10.9 Å². The number of aryl methyl sites for hydroxylation is 1. The molecule has 0 aliphatic rings. The van der Waals surface area contributed by atoms with Gasteiger partial charge in [0.25, 0.3) is 0 Å².